The maximum absolute atomic E-state index is 11.5. The Labute approximate surface area is 190 Å². The molecule has 0 aromatic rings. The monoisotopic (exact) mass is 437 g/mol. The highest BCUT2D eigenvalue weighted by Gasteiger charge is 2.43. The van der Waals surface area contributed by atoms with Crippen LogP contribution in [0, 0.1) is 23.2 Å². The first kappa shape index (κ1) is 23.9. The summed E-state index contributed by atoms with van der Waals surface area (Å²) in [5.41, 5.74) is 0.404. The lowest BCUT2D eigenvalue weighted by Crippen LogP contribution is -2.62. The minimum absolute atomic E-state index is 0.236. The second-order valence-corrected chi connectivity index (χ2v) is 11.7. The molecule has 0 radical (unpaired) electrons. The number of aliphatic hydroxyl groups excluding tert-OH is 1. The molecule has 0 aromatic carbocycles. The van der Waals surface area contributed by atoms with Gasteiger partial charge in [0.25, 0.3) is 0 Å². The predicted octanol–water partition coefficient (Wildman–Crippen LogP) is 2.21. The van der Waals surface area contributed by atoms with Crippen LogP contribution in [0.2, 0.25) is 0 Å². The molecular weight excluding hydrogens is 390 g/mol. The lowest BCUT2D eigenvalue weighted by Gasteiger charge is -2.48. The van der Waals surface area contributed by atoms with Crippen LogP contribution >= 0.6 is 0 Å². The van der Waals surface area contributed by atoms with Gasteiger partial charge in [0.15, 0.2) is 0 Å². The molecule has 6 nitrogen and oxygen atoms in total. The van der Waals surface area contributed by atoms with Gasteiger partial charge >= 0.3 is 0 Å². The third-order valence-corrected chi connectivity index (χ3v) is 8.55. The molecule has 0 bridgehead atoms. The third-order valence-electron chi connectivity index (χ3n) is 8.55. The van der Waals surface area contributed by atoms with E-state index in [1.54, 1.807) is 0 Å². The predicted molar refractivity (Wildman–Crippen MR) is 124 cm³/mol. The molecule has 3 heterocycles. The van der Waals surface area contributed by atoms with Crippen molar-refractivity contribution >= 4 is 0 Å². The fourth-order valence-electron chi connectivity index (χ4n) is 6.52. The molecule has 6 heteroatoms. The van der Waals surface area contributed by atoms with E-state index < -0.39 is 0 Å². The zero-order chi connectivity index (χ0) is 21.8. The first-order valence-electron chi connectivity index (χ1n) is 12.9. The van der Waals surface area contributed by atoms with Gasteiger partial charge in [0.05, 0.1) is 32.5 Å². The summed E-state index contributed by atoms with van der Waals surface area (Å²) in [7, 11) is 0. The molecule has 0 spiro atoms. The minimum atomic E-state index is -0.236. The number of nitrogens with zero attached hydrogens (tertiary/aromatic N) is 2. The highest BCUT2D eigenvalue weighted by atomic mass is 16.5. The molecule has 0 amide bonds. The minimum Gasteiger partial charge on any atom is -0.391 e. The second kappa shape index (κ2) is 10.8. The van der Waals surface area contributed by atoms with E-state index >= 15 is 0 Å². The van der Waals surface area contributed by atoms with Crippen LogP contribution in [0.1, 0.15) is 52.9 Å². The highest BCUT2D eigenvalue weighted by Crippen LogP contribution is 2.42. The van der Waals surface area contributed by atoms with Gasteiger partial charge in [0.2, 0.25) is 0 Å². The Morgan fingerprint density at radius 3 is 1.94 bits per heavy atom. The largest absolute Gasteiger partial charge is 0.391 e. The zero-order valence-electron chi connectivity index (χ0n) is 20.2. The van der Waals surface area contributed by atoms with E-state index in [9.17, 15) is 5.11 Å². The summed E-state index contributed by atoms with van der Waals surface area (Å²) >= 11 is 0. The molecule has 3 aliphatic heterocycles. The quantitative estimate of drug-likeness (QED) is 0.688. The van der Waals surface area contributed by atoms with Gasteiger partial charge in [-0.15, -0.1) is 0 Å². The van der Waals surface area contributed by atoms with Crippen molar-refractivity contribution in [3.8, 4) is 0 Å². The van der Waals surface area contributed by atoms with E-state index in [2.05, 4.69) is 35.9 Å². The van der Waals surface area contributed by atoms with Crippen LogP contribution in [0.5, 0.6) is 0 Å². The molecule has 4 unspecified atom stereocenters. The van der Waals surface area contributed by atoms with Crippen molar-refractivity contribution in [3.05, 3.63) is 0 Å². The van der Waals surface area contributed by atoms with Crippen molar-refractivity contribution in [2.75, 3.05) is 65.7 Å². The Morgan fingerprint density at radius 2 is 1.39 bits per heavy atom. The SMILES string of the molecule is CC(C)(C)C1CCC(C2NC(CN3CCOCC3)CC(CN3CCOCC3)C2O)CC1. The van der Waals surface area contributed by atoms with Gasteiger partial charge in [-0.2, -0.15) is 0 Å². The molecule has 1 saturated carbocycles. The number of piperidine rings is 1. The van der Waals surface area contributed by atoms with E-state index in [1.807, 2.05) is 0 Å². The number of hydrogen-bond donors (Lipinski definition) is 2. The molecule has 0 aromatic heterocycles. The third kappa shape index (κ3) is 6.42. The molecule has 31 heavy (non-hydrogen) atoms. The Hall–Kier alpha value is -0.240. The fraction of sp³-hybridized carbons (Fsp3) is 1.00. The summed E-state index contributed by atoms with van der Waals surface area (Å²) in [6.45, 7) is 16.7. The molecule has 4 rings (SSSR count). The average molecular weight is 438 g/mol. The molecule has 3 saturated heterocycles. The van der Waals surface area contributed by atoms with Crippen molar-refractivity contribution in [3.63, 3.8) is 0 Å². The first-order valence-corrected chi connectivity index (χ1v) is 12.9. The topological polar surface area (TPSA) is 57.2 Å². The Balaban J connectivity index is 1.40. The first-order chi connectivity index (χ1) is 14.9. The van der Waals surface area contributed by atoms with E-state index in [0.717, 1.165) is 78.0 Å². The van der Waals surface area contributed by atoms with Crippen LogP contribution in [0.3, 0.4) is 0 Å². The Bertz CT molecular complexity index is 535. The van der Waals surface area contributed by atoms with Gasteiger partial charge in [0.1, 0.15) is 0 Å². The second-order valence-electron chi connectivity index (χ2n) is 11.7. The number of hydrogen-bond acceptors (Lipinski definition) is 6. The van der Waals surface area contributed by atoms with Crippen LogP contribution in [0.25, 0.3) is 0 Å². The standard InChI is InChI=1S/C25H47N3O3/c1-25(2,3)21-6-4-19(5-7-21)23-24(29)20(17-27-8-12-30-13-9-27)16-22(26-23)18-28-10-14-31-15-11-28/h19-24,26,29H,4-18H2,1-3H3. The maximum atomic E-state index is 11.5. The van der Waals surface area contributed by atoms with E-state index in [-0.39, 0.29) is 12.1 Å². The van der Waals surface area contributed by atoms with Crippen LogP contribution < -0.4 is 5.32 Å². The highest BCUT2D eigenvalue weighted by molar-refractivity contribution is 4.99. The average Bonchev–Trinajstić information content (AvgIpc) is 2.77. The summed E-state index contributed by atoms with van der Waals surface area (Å²) in [4.78, 5) is 5.07. The van der Waals surface area contributed by atoms with Crippen LogP contribution in [-0.2, 0) is 9.47 Å². The maximum Gasteiger partial charge on any atom is 0.0736 e. The van der Waals surface area contributed by atoms with Gasteiger partial charge in [-0.05, 0) is 49.4 Å². The molecular formula is C25H47N3O3. The summed E-state index contributed by atoms with van der Waals surface area (Å²) in [6, 6.07) is 0.713. The van der Waals surface area contributed by atoms with Crippen LogP contribution in [0.4, 0.5) is 0 Å². The molecule has 4 atom stereocenters. The molecule has 2 N–H and O–H groups in total. The molecule has 1 aliphatic carbocycles. The Kier molecular flexibility index (Phi) is 8.32. The van der Waals surface area contributed by atoms with Crippen molar-refractivity contribution < 1.29 is 14.6 Å². The number of nitrogens with one attached hydrogen (secondary N) is 1. The van der Waals surface area contributed by atoms with Crippen molar-refractivity contribution in [2.24, 2.45) is 23.2 Å². The lowest BCUT2D eigenvalue weighted by atomic mass is 9.66. The summed E-state index contributed by atoms with van der Waals surface area (Å²) in [5, 5.41) is 15.5. The van der Waals surface area contributed by atoms with Gasteiger partial charge in [-0.3, -0.25) is 9.80 Å². The summed E-state index contributed by atoms with van der Waals surface area (Å²) in [5.74, 6) is 1.78. The van der Waals surface area contributed by atoms with Gasteiger partial charge in [-0.25, -0.2) is 0 Å². The molecule has 4 fully saturated rings. The van der Waals surface area contributed by atoms with Crippen molar-refractivity contribution in [1.29, 1.82) is 0 Å². The van der Waals surface area contributed by atoms with Crippen molar-refractivity contribution in [1.82, 2.24) is 15.1 Å². The van der Waals surface area contributed by atoms with Crippen LogP contribution in [-0.4, -0.2) is 98.8 Å². The van der Waals surface area contributed by atoms with E-state index in [4.69, 9.17) is 9.47 Å². The van der Waals surface area contributed by atoms with Crippen molar-refractivity contribution in [2.45, 2.75) is 71.1 Å². The van der Waals surface area contributed by atoms with Crippen LogP contribution in [0.15, 0.2) is 0 Å². The molecule has 4 aliphatic rings. The number of ether oxygens (including phenoxy) is 2. The number of morpholine rings is 2. The van der Waals surface area contributed by atoms with E-state index in [0.29, 0.717) is 23.3 Å². The normalized spacial score (nSPS) is 39.5. The zero-order valence-corrected chi connectivity index (χ0v) is 20.2. The number of rotatable bonds is 5. The summed E-state index contributed by atoms with van der Waals surface area (Å²) < 4.78 is 11.1. The smallest absolute Gasteiger partial charge is 0.0736 e. The lowest BCUT2D eigenvalue weighted by molar-refractivity contribution is -0.0431. The van der Waals surface area contributed by atoms with Gasteiger partial charge < -0.3 is 19.9 Å². The van der Waals surface area contributed by atoms with Gasteiger partial charge in [-0.1, -0.05) is 20.8 Å². The van der Waals surface area contributed by atoms with E-state index in [1.165, 1.54) is 25.7 Å². The van der Waals surface area contributed by atoms with Gasteiger partial charge in [0, 0.05) is 57.3 Å². The number of aliphatic hydroxyl groups is 1. The fourth-order valence-corrected chi connectivity index (χ4v) is 6.52. The Morgan fingerprint density at radius 1 is 0.839 bits per heavy atom. The summed E-state index contributed by atoms with van der Waals surface area (Å²) in [6.07, 6.45) is 5.96. The molecule has 180 valence electrons.